The summed E-state index contributed by atoms with van der Waals surface area (Å²) in [5, 5.41) is 3.59. The minimum absolute atomic E-state index is 0.230. The summed E-state index contributed by atoms with van der Waals surface area (Å²) >= 11 is 6.03. The number of aromatic nitrogens is 3. The Balaban J connectivity index is 1.82. The first-order valence-corrected chi connectivity index (χ1v) is 9.09. The molecule has 0 fully saturated rings. The minimum atomic E-state index is -0.512. The minimum Gasteiger partial charge on any atom is -0.465 e. The SMILES string of the molecule is COC(=O)c1cnccc1Nc1nc(-c2cc(Cl)ccc2F)nc2c1CCC2. The van der Waals surface area contributed by atoms with E-state index >= 15 is 0 Å². The van der Waals surface area contributed by atoms with Crippen molar-refractivity contribution in [3.63, 3.8) is 0 Å². The molecule has 1 aliphatic carbocycles. The Morgan fingerprint density at radius 1 is 1.25 bits per heavy atom. The van der Waals surface area contributed by atoms with Gasteiger partial charge in [0, 0.05) is 28.7 Å². The summed E-state index contributed by atoms with van der Waals surface area (Å²) < 4.78 is 19.2. The first-order valence-electron chi connectivity index (χ1n) is 8.71. The third-order valence-electron chi connectivity index (χ3n) is 4.58. The number of benzene rings is 1. The number of hydrogen-bond donors (Lipinski definition) is 1. The highest BCUT2D eigenvalue weighted by molar-refractivity contribution is 6.30. The van der Waals surface area contributed by atoms with Gasteiger partial charge in [-0.3, -0.25) is 4.98 Å². The van der Waals surface area contributed by atoms with Gasteiger partial charge in [-0.05, 0) is 43.5 Å². The number of hydrogen-bond acceptors (Lipinski definition) is 6. The van der Waals surface area contributed by atoms with Crippen molar-refractivity contribution >= 4 is 29.1 Å². The Morgan fingerprint density at radius 3 is 2.93 bits per heavy atom. The third-order valence-corrected chi connectivity index (χ3v) is 4.82. The molecule has 4 rings (SSSR count). The zero-order valence-corrected chi connectivity index (χ0v) is 15.8. The van der Waals surface area contributed by atoms with Gasteiger partial charge in [-0.1, -0.05) is 11.6 Å². The van der Waals surface area contributed by atoms with Crippen LogP contribution in [0.15, 0.2) is 36.7 Å². The molecule has 0 atom stereocenters. The van der Waals surface area contributed by atoms with Crippen molar-refractivity contribution in [2.45, 2.75) is 19.3 Å². The van der Waals surface area contributed by atoms with Crippen LogP contribution in [0.2, 0.25) is 5.02 Å². The van der Waals surface area contributed by atoms with Crippen molar-refractivity contribution < 1.29 is 13.9 Å². The lowest BCUT2D eigenvalue weighted by atomic mass is 10.1. The van der Waals surface area contributed by atoms with Gasteiger partial charge in [0.25, 0.3) is 0 Å². The molecule has 0 spiro atoms. The van der Waals surface area contributed by atoms with Crippen molar-refractivity contribution in [3.05, 3.63) is 64.3 Å². The Hall–Kier alpha value is -3.06. The lowest BCUT2D eigenvalue weighted by molar-refractivity contribution is 0.0601. The molecule has 1 aliphatic rings. The molecule has 0 saturated heterocycles. The molecule has 0 amide bonds. The molecule has 0 unspecified atom stereocenters. The lowest BCUT2D eigenvalue weighted by Gasteiger charge is -2.14. The smallest absolute Gasteiger partial charge is 0.341 e. The predicted octanol–water partition coefficient (Wildman–Crippen LogP) is 4.35. The summed E-state index contributed by atoms with van der Waals surface area (Å²) in [5.41, 5.74) is 2.84. The highest BCUT2D eigenvalue weighted by Crippen LogP contribution is 2.33. The maximum absolute atomic E-state index is 14.4. The number of pyridine rings is 1. The topological polar surface area (TPSA) is 77.0 Å². The van der Waals surface area contributed by atoms with E-state index in [1.807, 2.05) is 0 Å². The van der Waals surface area contributed by atoms with E-state index in [9.17, 15) is 9.18 Å². The molecule has 0 aliphatic heterocycles. The van der Waals surface area contributed by atoms with Crippen LogP contribution in [0.5, 0.6) is 0 Å². The van der Waals surface area contributed by atoms with Crippen molar-refractivity contribution in [2.75, 3.05) is 12.4 Å². The zero-order valence-electron chi connectivity index (χ0n) is 15.0. The van der Waals surface area contributed by atoms with Crippen LogP contribution in [0, 0.1) is 5.82 Å². The van der Waals surface area contributed by atoms with E-state index in [0.717, 1.165) is 30.5 Å². The molecule has 2 aromatic heterocycles. The van der Waals surface area contributed by atoms with E-state index in [1.165, 1.54) is 31.5 Å². The van der Waals surface area contributed by atoms with Crippen LogP contribution >= 0.6 is 11.6 Å². The highest BCUT2D eigenvalue weighted by atomic mass is 35.5. The second-order valence-corrected chi connectivity index (χ2v) is 6.77. The standard InChI is InChI=1S/C20H16ClFN4O2/c1-28-20(27)14-10-23-8-7-17(14)25-18-12-3-2-4-16(12)24-19(26-18)13-9-11(21)5-6-15(13)22/h5-10H,2-4H2,1H3,(H,23,24,25,26). The Labute approximate surface area is 165 Å². The molecular weight excluding hydrogens is 383 g/mol. The summed E-state index contributed by atoms with van der Waals surface area (Å²) in [7, 11) is 1.31. The Bertz CT molecular complexity index is 1070. The zero-order chi connectivity index (χ0) is 19.7. The molecule has 0 radical (unpaired) electrons. The largest absolute Gasteiger partial charge is 0.465 e. The highest BCUT2D eigenvalue weighted by Gasteiger charge is 2.22. The quantitative estimate of drug-likeness (QED) is 0.658. The number of aryl methyl sites for hydroxylation is 1. The van der Waals surface area contributed by atoms with Gasteiger partial charge in [-0.2, -0.15) is 0 Å². The number of nitrogens with one attached hydrogen (secondary N) is 1. The summed E-state index contributed by atoms with van der Waals surface area (Å²) in [6, 6.07) is 5.94. The van der Waals surface area contributed by atoms with Gasteiger partial charge in [0.2, 0.25) is 0 Å². The molecule has 0 bridgehead atoms. The van der Waals surface area contributed by atoms with E-state index in [4.69, 9.17) is 16.3 Å². The summed E-state index contributed by atoms with van der Waals surface area (Å²) in [4.78, 5) is 25.1. The maximum atomic E-state index is 14.4. The Morgan fingerprint density at radius 2 is 2.11 bits per heavy atom. The number of esters is 1. The normalized spacial score (nSPS) is 12.5. The fourth-order valence-corrected chi connectivity index (χ4v) is 3.40. The molecule has 142 valence electrons. The van der Waals surface area contributed by atoms with Crippen molar-refractivity contribution in [1.29, 1.82) is 0 Å². The van der Waals surface area contributed by atoms with Crippen molar-refractivity contribution in [2.24, 2.45) is 0 Å². The predicted molar refractivity (Wildman–Crippen MR) is 103 cm³/mol. The van der Waals surface area contributed by atoms with Gasteiger partial charge in [0.05, 0.1) is 18.4 Å². The monoisotopic (exact) mass is 398 g/mol. The second-order valence-electron chi connectivity index (χ2n) is 6.34. The number of anilines is 2. The van der Waals surface area contributed by atoms with Gasteiger partial charge in [-0.25, -0.2) is 19.2 Å². The number of carbonyl (C=O) groups is 1. The van der Waals surface area contributed by atoms with Gasteiger partial charge in [-0.15, -0.1) is 0 Å². The number of ether oxygens (including phenoxy) is 1. The molecule has 1 N–H and O–H groups in total. The molecule has 2 heterocycles. The first kappa shape index (κ1) is 18.3. The average Bonchev–Trinajstić information content (AvgIpc) is 3.18. The fourth-order valence-electron chi connectivity index (χ4n) is 3.23. The number of halogens is 2. The van der Waals surface area contributed by atoms with Crippen LogP contribution in [-0.2, 0) is 17.6 Å². The van der Waals surface area contributed by atoms with Gasteiger partial charge in [0.1, 0.15) is 17.2 Å². The van der Waals surface area contributed by atoms with Crippen LogP contribution in [0.1, 0.15) is 28.0 Å². The summed E-state index contributed by atoms with van der Waals surface area (Å²) in [6.07, 6.45) is 5.50. The van der Waals surface area contributed by atoms with Crippen LogP contribution in [0.25, 0.3) is 11.4 Å². The van der Waals surface area contributed by atoms with Gasteiger partial charge in [0.15, 0.2) is 5.82 Å². The average molecular weight is 399 g/mol. The summed E-state index contributed by atoms with van der Waals surface area (Å²) in [5.74, 6) is -0.181. The number of rotatable bonds is 4. The second kappa shape index (κ2) is 7.52. The number of fused-ring (bicyclic) bond motifs is 1. The molecule has 8 heteroatoms. The Kier molecular flexibility index (Phi) is 4.92. The number of nitrogens with zero attached hydrogens (tertiary/aromatic N) is 3. The number of methoxy groups -OCH3 is 1. The van der Waals surface area contributed by atoms with Crippen molar-refractivity contribution in [1.82, 2.24) is 15.0 Å². The van der Waals surface area contributed by atoms with Crippen molar-refractivity contribution in [3.8, 4) is 11.4 Å². The lowest BCUT2D eigenvalue weighted by Crippen LogP contribution is -2.09. The van der Waals surface area contributed by atoms with E-state index in [2.05, 4.69) is 20.3 Å². The van der Waals surface area contributed by atoms with E-state index in [1.54, 1.807) is 12.3 Å². The molecule has 28 heavy (non-hydrogen) atoms. The maximum Gasteiger partial charge on any atom is 0.341 e. The molecule has 0 saturated carbocycles. The third kappa shape index (κ3) is 3.41. The van der Waals surface area contributed by atoms with Crippen LogP contribution in [0.3, 0.4) is 0 Å². The van der Waals surface area contributed by atoms with E-state index in [0.29, 0.717) is 16.5 Å². The molecular formula is C20H16ClFN4O2. The molecule has 1 aromatic carbocycles. The van der Waals surface area contributed by atoms with Crippen LogP contribution in [-0.4, -0.2) is 28.0 Å². The fraction of sp³-hybridized carbons (Fsp3) is 0.200. The van der Waals surface area contributed by atoms with Gasteiger partial charge < -0.3 is 10.1 Å². The van der Waals surface area contributed by atoms with Crippen LogP contribution < -0.4 is 5.32 Å². The van der Waals surface area contributed by atoms with Gasteiger partial charge >= 0.3 is 5.97 Å². The van der Waals surface area contributed by atoms with Crippen LogP contribution in [0.4, 0.5) is 15.9 Å². The number of carbonyl (C=O) groups excluding carboxylic acids is 1. The molecule has 6 nitrogen and oxygen atoms in total. The first-order chi connectivity index (χ1) is 13.6. The summed E-state index contributed by atoms with van der Waals surface area (Å²) in [6.45, 7) is 0. The molecule has 3 aromatic rings. The van der Waals surface area contributed by atoms with E-state index < -0.39 is 11.8 Å². The van der Waals surface area contributed by atoms with E-state index in [-0.39, 0.29) is 17.0 Å².